The number of nitrogens with one attached hydrogen (secondary N) is 2. The maximum absolute atomic E-state index is 11.8. The minimum Gasteiger partial charge on any atom is -0.356 e. The highest BCUT2D eigenvalue weighted by Gasteiger charge is 2.14. The fourth-order valence-corrected chi connectivity index (χ4v) is 2.55. The maximum Gasteiger partial charge on any atom is 0.243 e. The Morgan fingerprint density at radius 1 is 1.29 bits per heavy atom. The van der Waals surface area contributed by atoms with Gasteiger partial charge >= 0.3 is 0 Å². The highest BCUT2D eigenvalue weighted by Crippen LogP contribution is 2.12. The summed E-state index contributed by atoms with van der Waals surface area (Å²) >= 11 is 0. The second-order valence-corrected chi connectivity index (χ2v) is 6.53. The average Bonchev–Trinajstić information content (AvgIpc) is 3.04. The van der Waals surface area contributed by atoms with E-state index >= 15 is 0 Å². The summed E-state index contributed by atoms with van der Waals surface area (Å²) in [6.45, 7) is 5.57. The smallest absolute Gasteiger partial charge is 0.243 e. The summed E-state index contributed by atoms with van der Waals surface area (Å²) in [5.74, 6) is 1.45. The first-order chi connectivity index (χ1) is 11.1. The fraction of sp³-hybridized carbons (Fsp3) is 0.778. The van der Waals surface area contributed by atoms with E-state index in [1.54, 1.807) is 19.0 Å². The van der Waals surface area contributed by atoms with Crippen molar-refractivity contribution in [3.05, 3.63) is 12.2 Å². The Kier molecular flexibility index (Phi) is 13.1. The molecular weight excluding hydrogens is 415 g/mol. The van der Waals surface area contributed by atoms with Crippen LogP contribution in [0.15, 0.2) is 17.1 Å². The van der Waals surface area contributed by atoms with Gasteiger partial charge < -0.3 is 15.5 Å². The molecule has 5 nitrogen and oxygen atoms in total. The van der Waals surface area contributed by atoms with E-state index in [4.69, 9.17) is 0 Å². The normalized spacial score (nSPS) is 15.8. The molecule has 0 aromatic rings. The average molecular weight is 450 g/mol. The number of unbranched alkanes of at least 4 members (excludes halogenated alkanes) is 1. The topological polar surface area (TPSA) is 56.7 Å². The van der Waals surface area contributed by atoms with E-state index in [1.165, 1.54) is 25.7 Å². The van der Waals surface area contributed by atoms with E-state index in [0.29, 0.717) is 12.0 Å². The van der Waals surface area contributed by atoms with Crippen molar-refractivity contribution in [2.45, 2.75) is 58.4 Å². The molecule has 1 rings (SSSR count). The number of rotatable bonds is 9. The van der Waals surface area contributed by atoms with Gasteiger partial charge in [-0.3, -0.25) is 4.79 Å². The number of halogens is 1. The van der Waals surface area contributed by atoms with Gasteiger partial charge in [-0.15, -0.1) is 24.0 Å². The van der Waals surface area contributed by atoms with Gasteiger partial charge in [0.2, 0.25) is 5.91 Å². The first-order valence-corrected chi connectivity index (χ1v) is 8.96. The molecule has 2 N–H and O–H groups in total. The summed E-state index contributed by atoms with van der Waals surface area (Å²) < 4.78 is 0. The SMILES string of the molecule is CCCCC(CC)CNC(=NCC(=O)N(C)C)NC1CC=CC1.I. The van der Waals surface area contributed by atoms with Gasteiger partial charge in [0.25, 0.3) is 0 Å². The van der Waals surface area contributed by atoms with Crippen LogP contribution in [0.4, 0.5) is 0 Å². The number of amides is 1. The van der Waals surface area contributed by atoms with Crippen LogP contribution in [0.1, 0.15) is 52.4 Å². The number of hydrogen-bond acceptors (Lipinski definition) is 2. The summed E-state index contributed by atoms with van der Waals surface area (Å²) in [6, 6.07) is 0.395. The highest BCUT2D eigenvalue weighted by atomic mass is 127. The van der Waals surface area contributed by atoms with Gasteiger partial charge in [-0.05, 0) is 25.2 Å². The third-order valence-electron chi connectivity index (χ3n) is 4.32. The van der Waals surface area contributed by atoms with E-state index in [0.717, 1.165) is 25.3 Å². The number of aliphatic imine (C=N–C) groups is 1. The van der Waals surface area contributed by atoms with Crippen molar-refractivity contribution < 1.29 is 4.79 Å². The van der Waals surface area contributed by atoms with Crippen LogP contribution in [0, 0.1) is 5.92 Å². The van der Waals surface area contributed by atoms with Crippen molar-refractivity contribution >= 4 is 35.8 Å². The Morgan fingerprint density at radius 3 is 2.50 bits per heavy atom. The molecule has 6 heteroatoms. The van der Waals surface area contributed by atoms with Crippen molar-refractivity contribution in [3.63, 3.8) is 0 Å². The van der Waals surface area contributed by atoms with Gasteiger partial charge in [-0.1, -0.05) is 45.3 Å². The number of carbonyl (C=O) groups excluding carboxylic acids is 1. The summed E-state index contributed by atoms with van der Waals surface area (Å²) in [7, 11) is 3.52. The summed E-state index contributed by atoms with van der Waals surface area (Å²) in [4.78, 5) is 17.8. The zero-order valence-electron chi connectivity index (χ0n) is 15.7. The number of hydrogen-bond donors (Lipinski definition) is 2. The fourth-order valence-electron chi connectivity index (χ4n) is 2.55. The van der Waals surface area contributed by atoms with E-state index in [-0.39, 0.29) is 36.4 Å². The molecule has 1 aliphatic carbocycles. The molecule has 1 atom stereocenters. The van der Waals surface area contributed by atoms with Crippen molar-refractivity contribution in [2.75, 3.05) is 27.2 Å². The first kappa shape index (κ1) is 23.2. The van der Waals surface area contributed by atoms with E-state index < -0.39 is 0 Å². The largest absolute Gasteiger partial charge is 0.356 e. The zero-order chi connectivity index (χ0) is 17.1. The molecule has 1 unspecified atom stereocenters. The number of likely N-dealkylation sites (N-methyl/N-ethyl adjacent to an activating group) is 1. The Morgan fingerprint density at radius 2 is 1.96 bits per heavy atom. The lowest BCUT2D eigenvalue weighted by atomic mass is 9.99. The standard InChI is InChI=1S/C18H34N4O.HI/c1-5-7-10-15(6-2)13-19-18(20-14-17(23)22(3)4)21-16-11-8-9-12-16;/h8-9,15-16H,5-7,10-14H2,1-4H3,(H2,19,20,21);1H. The van der Waals surface area contributed by atoms with Crippen LogP contribution in [0.5, 0.6) is 0 Å². The highest BCUT2D eigenvalue weighted by molar-refractivity contribution is 14.0. The molecule has 24 heavy (non-hydrogen) atoms. The van der Waals surface area contributed by atoms with Crippen LogP contribution in [-0.2, 0) is 4.79 Å². The van der Waals surface area contributed by atoms with Crippen molar-refractivity contribution in [3.8, 4) is 0 Å². The van der Waals surface area contributed by atoms with Gasteiger partial charge in [0.05, 0.1) is 0 Å². The van der Waals surface area contributed by atoms with Gasteiger partial charge in [-0.25, -0.2) is 4.99 Å². The third kappa shape index (κ3) is 9.49. The molecule has 0 bridgehead atoms. The molecule has 1 aliphatic rings. The predicted molar refractivity (Wildman–Crippen MR) is 113 cm³/mol. The molecule has 0 saturated heterocycles. The molecular formula is C18H35IN4O. The van der Waals surface area contributed by atoms with Crippen LogP contribution in [0.25, 0.3) is 0 Å². The quantitative estimate of drug-likeness (QED) is 0.246. The maximum atomic E-state index is 11.8. The molecule has 0 saturated carbocycles. The van der Waals surface area contributed by atoms with E-state index in [2.05, 4.69) is 41.6 Å². The number of carbonyl (C=O) groups is 1. The van der Waals surface area contributed by atoms with Crippen molar-refractivity contribution in [2.24, 2.45) is 10.9 Å². The zero-order valence-corrected chi connectivity index (χ0v) is 18.0. The first-order valence-electron chi connectivity index (χ1n) is 8.96. The lowest BCUT2D eigenvalue weighted by Crippen LogP contribution is -2.44. The van der Waals surface area contributed by atoms with Gasteiger partial charge in [0, 0.05) is 26.7 Å². The minimum absolute atomic E-state index is 0. The Bertz CT molecular complexity index is 402. The lowest BCUT2D eigenvalue weighted by Gasteiger charge is -2.21. The molecule has 0 aromatic heterocycles. The molecule has 0 spiro atoms. The van der Waals surface area contributed by atoms with Gasteiger partial charge in [-0.2, -0.15) is 0 Å². The van der Waals surface area contributed by atoms with E-state index in [1.807, 2.05) is 0 Å². The summed E-state index contributed by atoms with van der Waals surface area (Å²) in [6.07, 6.45) is 11.3. The number of nitrogens with zero attached hydrogens (tertiary/aromatic N) is 2. The van der Waals surface area contributed by atoms with Crippen LogP contribution in [0.3, 0.4) is 0 Å². The van der Waals surface area contributed by atoms with Crippen LogP contribution < -0.4 is 10.6 Å². The van der Waals surface area contributed by atoms with E-state index in [9.17, 15) is 4.79 Å². The Balaban J connectivity index is 0.00000529. The Hall–Kier alpha value is -0.790. The third-order valence-corrected chi connectivity index (χ3v) is 4.32. The van der Waals surface area contributed by atoms with Crippen LogP contribution in [0.2, 0.25) is 0 Å². The lowest BCUT2D eigenvalue weighted by molar-refractivity contribution is -0.127. The minimum atomic E-state index is 0. The summed E-state index contributed by atoms with van der Waals surface area (Å²) in [5.41, 5.74) is 0. The molecule has 140 valence electrons. The molecule has 0 aliphatic heterocycles. The molecule has 0 aromatic carbocycles. The van der Waals surface area contributed by atoms with Gasteiger partial charge in [0.15, 0.2) is 5.96 Å². The second kappa shape index (κ2) is 13.5. The van der Waals surface area contributed by atoms with Crippen LogP contribution >= 0.6 is 24.0 Å². The molecule has 0 heterocycles. The van der Waals surface area contributed by atoms with Crippen LogP contribution in [-0.4, -0.2) is 50.0 Å². The predicted octanol–water partition coefficient (Wildman–Crippen LogP) is 3.16. The van der Waals surface area contributed by atoms with Crippen molar-refractivity contribution in [1.29, 1.82) is 0 Å². The monoisotopic (exact) mass is 450 g/mol. The molecule has 0 fully saturated rings. The molecule has 1 amide bonds. The van der Waals surface area contributed by atoms with Gasteiger partial charge in [0.1, 0.15) is 6.54 Å². The Labute approximate surface area is 164 Å². The van der Waals surface area contributed by atoms with Crippen molar-refractivity contribution in [1.82, 2.24) is 15.5 Å². The summed E-state index contributed by atoms with van der Waals surface area (Å²) in [5, 5.41) is 6.89. The second-order valence-electron chi connectivity index (χ2n) is 6.53. The molecule has 0 radical (unpaired) electrons. The number of guanidine groups is 1.